The van der Waals surface area contributed by atoms with E-state index in [4.69, 9.17) is 5.73 Å². The summed E-state index contributed by atoms with van der Waals surface area (Å²) in [6.07, 6.45) is 1.37. The SMILES string of the molecule is COC(=O)[C@H](C)NC(=O)[C@@H]1CCCN1C(=O)[C@@H]1CCCN1C(=O)[C@@H](O)[C@H](N)CC(C)C. The number of ether oxygens (including phenoxy) is 1. The van der Waals surface area contributed by atoms with Gasteiger partial charge in [0.2, 0.25) is 11.8 Å². The highest BCUT2D eigenvalue weighted by molar-refractivity contribution is 5.94. The first-order chi connectivity index (χ1) is 14.6. The standard InChI is InChI=1S/C21H36N4O6/c1-12(2)11-14(22)17(26)20(29)25-10-6-8-16(25)19(28)24-9-5-7-15(24)18(27)23-13(3)21(30)31-4/h12-17,26H,5-11,22H2,1-4H3,(H,23,27)/t13-,14+,15-,16-,17-/m0/s1. The molecule has 3 amide bonds. The Morgan fingerprint density at radius 1 is 1.06 bits per heavy atom. The van der Waals surface area contributed by atoms with Crippen LogP contribution in [0.1, 0.15) is 52.9 Å². The predicted molar refractivity (Wildman–Crippen MR) is 113 cm³/mol. The van der Waals surface area contributed by atoms with Crippen molar-refractivity contribution >= 4 is 23.7 Å². The molecule has 0 aliphatic carbocycles. The number of carbonyl (C=O) groups excluding carboxylic acids is 4. The molecule has 0 saturated carbocycles. The molecule has 2 saturated heterocycles. The minimum absolute atomic E-state index is 0.227. The Kier molecular flexibility index (Phi) is 8.81. The minimum atomic E-state index is -1.37. The highest BCUT2D eigenvalue weighted by Gasteiger charge is 2.44. The highest BCUT2D eigenvalue weighted by Crippen LogP contribution is 2.26. The van der Waals surface area contributed by atoms with Gasteiger partial charge in [0, 0.05) is 19.1 Å². The first-order valence-electron chi connectivity index (χ1n) is 11.0. The Bertz CT molecular complexity index is 685. The van der Waals surface area contributed by atoms with E-state index < -0.39 is 48.1 Å². The van der Waals surface area contributed by atoms with Crippen molar-refractivity contribution in [2.24, 2.45) is 11.7 Å². The van der Waals surface area contributed by atoms with Crippen molar-refractivity contribution in [3.63, 3.8) is 0 Å². The van der Waals surface area contributed by atoms with E-state index >= 15 is 0 Å². The first kappa shape index (κ1) is 25.1. The van der Waals surface area contributed by atoms with Gasteiger partial charge in [-0.1, -0.05) is 13.8 Å². The zero-order chi connectivity index (χ0) is 23.3. The second-order valence-electron chi connectivity index (χ2n) is 8.87. The Morgan fingerprint density at radius 2 is 1.65 bits per heavy atom. The zero-order valence-corrected chi connectivity index (χ0v) is 18.9. The predicted octanol–water partition coefficient (Wildman–Crippen LogP) is -0.620. The maximum absolute atomic E-state index is 13.3. The molecule has 10 nitrogen and oxygen atoms in total. The number of hydrogen-bond acceptors (Lipinski definition) is 7. The number of carbonyl (C=O) groups is 4. The van der Waals surface area contributed by atoms with Crippen molar-refractivity contribution in [1.29, 1.82) is 0 Å². The summed E-state index contributed by atoms with van der Waals surface area (Å²) in [5.74, 6) is -1.60. The maximum Gasteiger partial charge on any atom is 0.328 e. The van der Waals surface area contributed by atoms with Gasteiger partial charge in [-0.3, -0.25) is 14.4 Å². The van der Waals surface area contributed by atoms with Crippen molar-refractivity contribution in [1.82, 2.24) is 15.1 Å². The van der Waals surface area contributed by atoms with Gasteiger partial charge in [-0.15, -0.1) is 0 Å². The third-order valence-electron chi connectivity index (χ3n) is 5.98. The third kappa shape index (κ3) is 5.94. The first-order valence-corrected chi connectivity index (χ1v) is 11.0. The Labute approximate surface area is 183 Å². The fourth-order valence-corrected chi connectivity index (χ4v) is 4.35. The van der Waals surface area contributed by atoms with Crippen LogP contribution in [0.15, 0.2) is 0 Å². The number of aliphatic hydroxyl groups excluding tert-OH is 1. The molecule has 176 valence electrons. The number of amides is 3. The number of esters is 1. The summed E-state index contributed by atoms with van der Waals surface area (Å²) in [5.41, 5.74) is 5.99. The smallest absolute Gasteiger partial charge is 0.328 e. The largest absolute Gasteiger partial charge is 0.467 e. The van der Waals surface area contributed by atoms with Gasteiger partial charge in [0.05, 0.1) is 7.11 Å². The van der Waals surface area contributed by atoms with Crippen LogP contribution in [0.4, 0.5) is 0 Å². The molecule has 0 unspecified atom stereocenters. The van der Waals surface area contributed by atoms with Crippen LogP contribution in [0.3, 0.4) is 0 Å². The summed E-state index contributed by atoms with van der Waals surface area (Å²) in [6, 6.07) is -2.95. The van der Waals surface area contributed by atoms with Crippen LogP contribution in [0.2, 0.25) is 0 Å². The van der Waals surface area contributed by atoms with Crippen LogP contribution in [-0.2, 0) is 23.9 Å². The van der Waals surface area contributed by atoms with Crippen LogP contribution in [0.5, 0.6) is 0 Å². The summed E-state index contributed by atoms with van der Waals surface area (Å²) >= 11 is 0. The quantitative estimate of drug-likeness (QED) is 0.427. The van der Waals surface area contributed by atoms with Crippen LogP contribution in [0.25, 0.3) is 0 Å². The minimum Gasteiger partial charge on any atom is -0.467 e. The van der Waals surface area contributed by atoms with Crippen molar-refractivity contribution < 1.29 is 29.0 Å². The summed E-state index contributed by atoms with van der Waals surface area (Å²) in [7, 11) is 1.24. The molecule has 4 N–H and O–H groups in total. The monoisotopic (exact) mass is 440 g/mol. The van der Waals surface area contributed by atoms with Gasteiger partial charge in [0.1, 0.15) is 24.2 Å². The van der Waals surface area contributed by atoms with Crippen LogP contribution < -0.4 is 11.1 Å². The van der Waals surface area contributed by atoms with Crippen molar-refractivity contribution in [2.45, 2.75) is 83.1 Å². The van der Waals surface area contributed by atoms with Gasteiger partial charge in [-0.05, 0) is 44.9 Å². The summed E-state index contributed by atoms with van der Waals surface area (Å²) in [6.45, 7) is 6.20. The molecule has 2 aliphatic heterocycles. The lowest BCUT2D eigenvalue weighted by Gasteiger charge is -2.33. The number of nitrogens with two attached hydrogens (primary N) is 1. The van der Waals surface area contributed by atoms with Gasteiger partial charge in [0.25, 0.3) is 5.91 Å². The molecular weight excluding hydrogens is 404 g/mol. The maximum atomic E-state index is 13.3. The van der Waals surface area contributed by atoms with Gasteiger partial charge >= 0.3 is 5.97 Å². The third-order valence-corrected chi connectivity index (χ3v) is 5.98. The average molecular weight is 441 g/mol. The van der Waals surface area contributed by atoms with Gasteiger partial charge in [-0.25, -0.2) is 4.79 Å². The van der Waals surface area contributed by atoms with Gasteiger partial charge in [-0.2, -0.15) is 0 Å². The molecule has 2 heterocycles. The van der Waals surface area contributed by atoms with Gasteiger partial charge < -0.3 is 30.7 Å². The molecule has 31 heavy (non-hydrogen) atoms. The van der Waals surface area contributed by atoms with E-state index in [0.29, 0.717) is 45.2 Å². The molecular formula is C21H36N4O6. The molecule has 2 rings (SSSR count). The lowest BCUT2D eigenvalue weighted by Crippen LogP contribution is -2.56. The molecule has 5 atom stereocenters. The van der Waals surface area contributed by atoms with E-state index in [1.165, 1.54) is 23.8 Å². The Balaban J connectivity index is 2.07. The van der Waals surface area contributed by atoms with Crippen molar-refractivity contribution in [3.8, 4) is 0 Å². The van der Waals surface area contributed by atoms with E-state index in [1.807, 2.05) is 13.8 Å². The Morgan fingerprint density at radius 3 is 2.23 bits per heavy atom. The number of likely N-dealkylation sites (tertiary alicyclic amines) is 2. The van der Waals surface area contributed by atoms with Crippen molar-refractivity contribution in [2.75, 3.05) is 20.2 Å². The molecule has 0 aromatic rings. The Hall–Kier alpha value is -2.20. The fourth-order valence-electron chi connectivity index (χ4n) is 4.35. The normalized spacial score (nSPS) is 24.1. The van der Waals surface area contributed by atoms with Crippen LogP contribution in [-0.4, -0.2) is 89.1 Å². The highest BCUT2D eigenvalue weighted by atomic mass is 16.5. The molecule has 2 fully saturated rings. The molecule has 0 bridgehead atoms. The van der Waals surface area contributed by atoms with E-state index in [9.17, 15) is 24.3 Å². The van der Waals surface area contributed by atoms with Crippen molar-refractivity contribution in [3.05, 3.63) is 0 Å². The van der Waals surface area contributed by atoms with Gasteiger partial charge in [0.15, 0.2) is 0 Å². The fraction of sp³-hybridized carbons (Fsp3) is 0.810. The van der Waals surface area contributed by atoms with E-state index in [0.717, 1.165) is 0 Å². The van der Waals surface area contributed by atoms with Crippen LogP contribution in [0, 0.1) is 5.92 Å². The molecule has 10 heteroatoms. The lowest BCUT2D eigenvalue weighted by molar-refractivity contribution is -0.151. The van der Waals surface area contributed by atoms with E-state index in [-0.39, 0.29) is 11.8 Å². The second kappa shape index (κ2) is 10.9. The summed E-state index contributed by atoms with van der Waals surface area (Å²) in [5, 5.41) is 13.0. The number of nitrogens with zero attached hydrogens (tertiary/aromatic N) is 2. The summed E-state index contributed by atoms with van der Waals surface area (Å²) in [4.78, 5) is 53.3. The number of methoxy groups -OCH3 is 1. The second-order valence-corrected chi connectivity index (χ2v) is 8.87. The van der Waals surface area contributed by atoms with Crippen LogP contribution >= 0.6 is 0 Å². The average Bonchev–Trinajstić information content (AvgIpc) is 3.40. The zero-order valence-electron chi connectivity index (χ0n) is 18.9. The number of rotatable bonds is 8. The number of hydrogen-bond donors (Lipinski definition) is 3. The molecule has 0 aromatic heterocycles. The number of nitrogens with one attached hydrogen (secondary N) is 1. The summed E-state index contributed by atoms with van der Waals surface area (Å²) < 4.78 is 4.62. The lowest BCUT2D eigenvalue weighted by atomic mass is 9.99. The number of aliphatic hydroxyl groups is 1. The molecule has 0 aromatic carbocycles. The molecule has 0 radical (unpaired) electrons. The van der Waals surface area contributed by atoms with E-state index in [1.54, 1.807) is 0 Å². The molecule has 0 spiro atoms. The van der Waals surface area contributed by atoms with E-state index in [2.05, 4.69) is 10.1 Å². The molecule has 2 aliphatic rings. The topological polar surface area (TPSA) is 142 Å².